The zero-order valence-corrected chi connectivity index (χ0v) is 16.1. The van der Waals surface area contributed by atoms with Gasteiger partial charge in [-0.2, -0.15) is 0 Å². The average Bonchev–Trinajstić information content (AvgIpc) is 3.17. The van der Waals surface area contributed by atoms with Gasteiger partial charge in [0.2, 0.25) is 5.91 Å². The predicted octanol–water partition coefficient (Wildman–Crippen LogP) is 1.56. The molecular formula is C20H26N2O6. The summed E-state index contributed by atoms with van der Waals surface area (Å²) in [6, 6.07) is 9.45. The van der Waals surface area contributed by atoms with E-state index < -0.39 is 12.2 Å². The lowest BCUT2D eigenvalue weighted by Gasteiger charge is -2.33. The Morgan fingerprint density at radius 1 is 1.29 bits per heavy atom. The highest BCUT2D eigenvalue weighted by atomic mass is 16.5. The van der Waals surface area contributed by atoms with Crippen molar-refractivity contribution in [2.45, 2.75) is 37.6 Å². The molecule has 152 valence electrons. The van der Waals surface area contributed by atoms with Crippen LogP contribution in [0.5, 0.6) is 5.75 Å². The highest BCUT2D eigenvalue weighted by Gasteiger charge is 2.30. The van der Waals surface area contributed by atoms with Crippen molar-refractivity contribution in [3.8, 4) is 17.1 Å². The molecule has 2 heterocycles. The Labute approximate surface area is 163 Å². The van der Waals surface area contributed by atoms with E-state index in [1.54, 1.807) is 7.11 Å². The van der Waals surface area contributed by atoms with Crippen molar-refractivity contribution < 1.29 is 28.6 Å². The van der Waals surface area contributed by atoms with Crippen LogP contribution in [0.1, 0.15) is 18.5 Å². The summed E-state index contributed by atoms with van der Waals surface area (Å²) in [7, 11) is 3.08. The number of hydrogen-bond donors (Lipinski definition) is 2. The van der Waals surface area contributed by atoms with Crippen molar-refractivity contribution in [2.24, 2.45) is 0 Å². The summed E-state index contributed by atoms with van der Waals surface area (Å²) >= 11 is 0. The van der Waals surface area contributed by atoms with E-state index in [2.05, 4.69) is 10.5 Å². The fourth-order valence-electron chi connectivity index (χ4n) is 3.21. The third-order valence-electron chi connectivity index (χ3n) is 4.73. The second-order valence-corrected chi connectivity index (χ2v) is 6.79. The molecule has 0 unspecified atom stereocenters. The minimum Gasteiger partial charge on any atom is -0.497 e. The standard InChI is InChI=1S/C20H26N2O6/c1-25-12-20(24)21-11-19-17(23)8-7-16(27-19)9-14-10-18(28-22-14)13-3-5-15(26-2)6-4-13/h3-6,10,16-17,19,23H,7-9,11-12H2,1-2H3,(H,21,24)/t16-,17-,19+/m0/s1. The van der Waals surface area contributed by atoms with E-state index in [0.29, 0.717) is 25.0 Å². The van der Waals surface area contributed by atoms with Crippen LogP contribution < -0.4 is 10.1 Å². The van der Waals surface area contributed by atoms with E-state index in [1.165, 1.54) is 7.11 Å². The Kier molecular flexibility index (Phi) is 7.02. The number of methoxy groups -OCH3 is 2. The maximum atomic E-state index is 11.5. The first kappa shape index (κ1) is 20.3. The Morgan fingerprint density at radius 3 is 2.79 bits per heavy atom. The number of aliphatic hydroxyl groups is 1. The number of carbonyl (C=O) groups excluding carboxylic acids is 1. The Hall–Kier alpha value is -2.42. The number of hydrogen-bond acceptors (Lipinski definition) is 7. The van der Waals surface area contributed by atoms with E-state index in [4.69, 9.17) is 18.7 Å². The highest BCUT2D eigenvalue weighted by molar-refractivity contribution is 5.77. The summed E-state index contributed by atoms with van der Waals surface area (Å²) in [6.45, 7) is 0.231. The molecule has 8 nitrogen and oxygen atoms in total. The molecule has 3 atom stereocenters. The first-order valence-corrected chi connectivity index (χ1v) is 9.28. The third kappa shape index (κ3) is 5.31. The summed E-state index contributed by atoms with van der Waals surface area (Å²) in [4.78, 5) is 11.5. The summed E-state index contributed by atoms with van der Waals surface area (Å²) in [5, 5.41) is 17.0. The van der Waals surface area contributed by atoms with Crippen LogP contribution in [0.15, 0.2) is 34.9 Å². The summed E-state index contributed by atoms with van der Waals surface area (Å²) in [6.07, 6.45) is 0.752. The summed E-state index contributed by atoms with van der Waals surface area (Å²) < 4.78 is 21.4. The first-order valence-electron chi connectivity index (χ1n) is 9.28. The second kappa shape index (κ2) is 9.68. The number of nitrogens with one attached hydrogen (secondary N) is 1. The number of benzene rings is 1. The Balaban J connectivity index is 1.56. The molecule has 0 saturated carbocycles. The minimum absolute atomic E-state index is 0.0146. The monoisotopic (exact) mass is 390 g/mol. The van der Waals surface area contributed by atoms with Crippen LogP contribution in [-0.4, -0.2) is 61.9 Å². The van der Waals surface area contributed by atoms with Crippen molar-refractivity contribution >= 4 is 5.91 Å². The largest absolute Gasteiger partial charge is 0.497 e. The normalized spacial score (nSPS) is 22.0. The highest BCUT2D eigenvalue weighted by Crippen LogP contribution is 2.26. The van der Waals surface area contributed by atoms with Crippen molar-refractivity contribution in [2.75, 3.05) is 27.4 Å². The molecule has 2 N–H and O–H groups in total. The van der Waals surface area contributed by atoms with Gasteiger partial charge in [0, 0.05) is 31.7 Å². The van der Waals surface area contributed by atoms with Crippen molar-refractivity contribution in [3.05, 3.63) is 36.0 Å². The number of aromatic nitrogens is 1. The fraction of sp³-hybridized carbons (Fsp3) is 0.500. The maximum absolute atomic E-state index is 11.5. The van der Waals surface area contributed by atoms with Crippen LogP contribution in [0.3, 0.4) is 0 Å². The SMILES string of the molecule is COCC(=O)NC[C@H]1O[C@H](Cc2cc(-c3ccc(OC)cc3)on2)CC[C@@H]1O. The summed E-state index contributed by atoms with van der Waals surface area (Å²) in [5.74, 6) is 1.22. The first-order chi connectivity index (χ1) is 13.6. The molecule has 0 radical (unpaired) electrons. The average molecular weight is 390 g/mol. The number of carbonyl (C=O) groups is 1. The number of amides is 1. The molecule has 1 aliphatic heterocycles. The van der Waals surface area contributed by atoms with Gasteiger partial charge in [-0.1, -0.05) is 5.16 Å². The molecule has 2 aromatic rings. The van der Waals surface area contributed by atoms with Crippen LogP contribution in [0, 0.1) is 0 Å². The molecule has 0 spiro atoms. The van der Waals surface area contributed by atoms with E-state index in [-0.39, 0.29) is 25.2 Å². The van der Waals surface area contributed by atoms with Gasteiger partial charge in [-0.05, 0) is 37.1 Å². The van der Waals surface area contributed by atoms with Crippen molar-refractivity contribution in [1.29, 1.82) is 0 Å². The van der Waals surface area contributed by atoms with Crippen molar-refractivity contribution in [3.63, 3.8) is 0 Å². The van der Waals surface area contributed by atoms with E-state index in [9.17, 15) is 9.90 Å². The van der Waals surface area contributed by atoms with Crippen LogP contribution >= 0.6 is 0 Å². The molecule has 0 bridgehead atoms. The van der Waals surface area contributed by atoms with Gasteiger partial charge in [0.25, 0.3) is 0 Å². The van der Waals surface area contributed by atoms with Gasteiger partial charge >= 0.3 is 0 Å². The quantitative estimate of drug-likeness (QED) is 0.705. The third-order valence-corrected chi connectivity index (χ3v) is 4.73. The van der Waals surface area contributed by atoms with Gasteiger partial charge in [-0.25, -0.2) is 0 Å². The lowest BCUT2D eigenvalue weighted by molar-refractivity contribution is -0.131. The number of nitrogens with zero attached hydrogens (tertiary/aromatic N) is 1. The zero-order valence-electron chi connectivity index (χ0n) is 16.1. The van der Waals surface area contributed by atoms with Crippen LogP contribution in [-0.2, 0) is 20.7 Å². The maximum Gasteiger partial charge on any atom is 0.246 e. The zero-order chi connectivity index (χ0) is 19.9. The van der Waals surface area contributed by atoms with E-state index in [1.807, 2.05) is 30.3 Å². The van der Waals surface area contributed by atoms with Gasteiger partial charge in [-0.3, -0.25) is 4.79 Å². The molecular weight excluding hydrogens is 364 g/mol. The number of ether oxygens (including phenoxy) is 3. The molecule has 8 heteroatoms. The minimum atomic E-state index is -0.605. The van der Waals surface area contributed by atoms with Gasteiger partial charge in [-0.15, -0.1) is 0 Å². The predicted molar refractivity (Wildman–Crippen MR) is 101 cm³/mol. The molecule has 0 aliphatic carbocycles. The van der Waals surface area contributed by atoms with Gasteiger partial charge in [0.05, 0.1) is 25.0 Å². The van der Waals surface area contributed by atoms with Gasteiger partial charge in [0.1, 0.15) is 18.5 Å². The molecule has 1 aliphatic rings. The molecule has 1 fully saturated rings. The molecule has 1 amide bonds. The Bertz CT molecular complexity index is 760. The molecule has 3 rings (SSSR count). The van der Waals surface area contributed by atoms with Gasteiger partial charge < -0.3 is 29.2 Å². The lowest BCUT2D eigenvalue weighted by atomic mass is 9.98. The number of aliphatic hydroxyl groups excluding tert-OH is 1. The molecule has 28 heavy (non-hydrogen) atoms. The summed E-state index contributed by atoms with van der Waals surface area (Å²) in [5.41, 5.74) is 1.70. The second-order valence-electron chi connectivity index (χ2n) is 6.79. The Morgan fingerprint density at radius 2 is 2.07 bits per heavy atom. The van der Waals surface area contributed by atoms with Crippen molar-refractivity contribution in [1.82, 2.24) is 10.5 Å². The molecule has 1 aromatic carbocycles. The van der Waals surface area contributed by atoms with Crippen LogP contribution in [0.2, 0.25) is 0 Å². The lowest BCUT2D eigenvalue weighted by Crippen LogP contribution is -2.47. The van der Waals surface area contributed by atoms with E-state index >= 15 is 0 Å². The molecule has 1 aromatic heterocycles. The van der Waals surface area contributed by atoms with Gasteiger partial charge in [0.15, 0.2) is 5.76 Å². The van der Waals surface area contributed by atoms with Crippen LogP contribution in [0.25, 0.3) is 11.3 Å². The fourth-order valence-corrected chi connectivity index (χ4v) is 3.21. The van der Waals surface area contributed by atoms with E-state index in [0.717, 1.165) is 17.0 Å². The number of rotatable bonds is 8. The topological polar surface area (TPSA) is 103 Å². The van der Waals surface area contributed by atoms with Crippen LogP contribution in [0.4, 0.5) is 0 Å². The molecule has 1 saturated heterocycles. The smallest absolute Gasteiger partial charge is 0.246 e.